The summed E-state index contributed by atoms with van der Waals surface area (Å²) in [7, 11) is 9.87. The molecule has 0 aliphatic carbocycles. The van der Waals surface area contributed by atoms with E-state index in [0.29, 0.717) is 82.4 Å². The molecule has 0 saturated carbocycles. The second-order valence-electron chi connectivity index (χ2n) is 26.2. The van der Waals surface area contributed by atoms with Gasteiger partial charge in [-0.3, -0.25) is 49.0 Å². The van der Waals surface area contributed by atoms with Gasteiger partial charge in [-0.05, 0) is 183 Å². The molecule has 11 heterocycles. The molecule has 34 nitrogen and oxygen atoms in total. The second kappa shape index (κ2) is 53.4. The zero-order valence-corrected chi connectivity index (χ0v) is 81.7. The van der Waals surface area contributed by atoms with Crippen LogP contribution in [-0.2, 0) is 33.4 Å². The molecule has 0 bridgehead atoms. The number of aromatic amines is 4. The number of aliphatic hydroxyl groups is 1. The molecule has 0 unspecified atom stereocenters. The number of anilines is 9. The molecule has 2 aliphatic heterocycles. The quantitative estimate of drug-likeness (QED) is 0.0101. The summed E-state index contributed by atoms with van der Waals surface area (Å²) in [6, 6.07) is 58.1. The maximum atomic E-state index is 12.4. The fourth-order valence-corrected chi connectivity index (χ4v) is 16.0. The van der Waals surface area contributed by atoms with Crippen molar-refractivity contribution in [1.29, 1.82) is 0 Å². The molecule has 48 heteroatoms. The third-order valence-electron chi connectivity index (χ3n) is 17.0. The van der Waals surface area contributed by atoms with E-state index in [-0.39, 0.29) is 80.5 Å². The predicted molar refractivity (Wildman–Crippen MR) is 541 cm³/mol. The number of ether oxygens (including phenoxy) is 2. The van der Waals surface area contributed by atoms with Crippen LogP contribution in [0.4, 0.5) is 62.6 Å². The van der Waals surface area contributed by atoms with Gasteiger partial charge < -0.3 is 93.4 Å². The Morgan fingerprint density at radius 1 is 0.500 bits per heavy atom. The van der Waals surface area contributed by atoms with Gasteiger partial charge in [0, 0.05) is 83.8 Å². The van der Waals surface area contributed by atoms with Crippen LogP contribution in [0.5, 0.6) is 0 Å². The van der Waals surface area contributed by atoms with E-state index in [1.807, 2.05) is 115 Å². The number of aliphatic carboxylic acids is 2. The molecule has 18 rings (SSSR count). The van der Waals surface area contributed by atoms with Crippen LogP contribution in [0.3, 0.4) is 0 Å². The monoisotopic (exact) mass is 2200 g/mol. The third kappa shape index (κ3) is 33.2. The van der Waals surface area contributed by atoms with Crippen molar-refractivity contribution in [3.8, 4) is 42.8 Å². The molecule has 3 amide bonds. The first-order valence-electron chi connectivity index (χ1n) is 37.8. The van der Waals surface area contributed by atoms with Crippen molar-refractivity contribution in [3.63, 3.8) is 0 Å². The number of carboxylic acid groups (broad SMARTS) is 2. The van der Waals surface area contributed by atoms with E-state index in [1.54, 1.807) is 71.3 Å². The number of aromatic nitrogens is 8. The molecule has 0 atom stereocenters. The standard InChI is InChI=1S/C23H20ClN5O3S.C13H10ClN3O2S.C11H6ClN3O2S.C11H8ClN3S.C10H12N2O2.C6H7N3O2.C5H3ClOS.C2H3BrO2.C2H6O.CH4.2ClH.Sn/c24-20-8-7-19(33-20)23-27-17-6-3-15(11-18(17)28-23)25-12-21(30)26-14-1-4-16(5-2-14)29-9-10-32-13-22(29)31;14-11-4-3-10(20-11)13-16-8-2-1-7(5-9(8)17-13)15-6-12(18)19;12-10-4-3-9(18-10)11-13-7-2-1-6(15(16)17)5-8(7)14-11;12-10-4-3-9(16-10)11-14-7-2-1-6(13)5-8(7)15-11;11-8-1-3-9(4-2-8)12-5-6-14-7-10(12)13;7-5-2-1-4(9(10)11)3-6(5)8;6-5-2-1-4(3-7)8-5;3-1-2(4)5;1-2-3;;;;/h1-8,11,25H,9-10,12-13H2,(H,26,30)(H,27,28);1-5,15H,6H2,(H,16,17)(H,18,19);1-5H,(H,13,14);1-5H,13H2,(H,14,15);1-4H,5-7,11H2;1-3H,7-8H2;1-3H;1H2,(H,4,5);3H,2H2,1H3;1H4;2*1H;/q;;;;;;;;;;;;+2/p-2. The van der Waals surface area contributed by atoms with Gasteiger partial charge in [0.25, 0.3) is 23.2 Å². The molecular weight excluding hydrogens is 2120 g/mol. The zero-order chi connectivity index (χ0) is 94.8. The number of nitrogens with two attached hydrogens (primary N) is 4. The van der Waals surface area contributed by atoms with E-state index < -0.39 is 40.7 Å². The summed E-state index contributed by atoms with van der Waals surface area (Å²) in [6.45, 7) is 4.44. The fourth-order valence-electron chi connectivity index (χ4n) is 11.2. The van der Waals surface area contributed by atoms with Gasteiger partial charge in [0.05, 0.1) is 131 Å². The van der Waals surface area contributed by atoms with E-state index in [2.05, 4.69) is 71.8 Å². The van der Waals surface area contributed by atoms with Crippen LogP contribution < -0.4 is 48.7 Å². The van der Waals surface area contributed by atoms with Gasteiger partial charge in [-0.15, -0.1) is 56.7 Å². The predicted octanol–water partition coefficient (Wildman–Crippen LogP) is 20.9. The average molecular weight is 2200 g/mol. The fraction of sp³-hybridized carbons (Fsp3) is 0.143. The number of nitro benzene ring substituents is 2. The molecule has 132 heavy (non-hydrogen) atoms. The molecule has 18 N–H and O–H groups in total. The molecule has 9 aromatic heterocycles. The van der Waals surface area contributed by atoms with Crippen LogP contribution in [0.15, 0.2) is 200 Å². The number of fused-ring (bicyclic) bond motifs is 4. The summed E-state index contributed by atoms with van der Waals surface area (Å²) in [5, 5.41) is 53.6. The van der Waals surface area contributed by atoms with Gasteiger partial charge >= 0.3 is 48.7 Å². The number of nitrogens with one attached hydrogen (secondary N) is 7. The molecule has 2 aliphatic rings. The molecule has 7 aromatic carbocycles. The van der Waals surface area contributed by atoms with E-state index in [4.69, 9.17) is 124 Å². The summed E-state index contributed by atoms with van der Waals surface area (Å²) in [6.07, 6.45) is 0.788. The normalized spacial score (nSPS) is 11.7. The maximum absolute atomic E-state index is 12.4. The number of morpholine rings is 2. The summed E-state index contributed by atoms with van der Waals surface area (Å²) >= 11 is 38.2. The van der Waals surface area contributed by atoms with Crippen LogP contribution in [0.25, 0.3) is 86.9 Å². The van der Waals surface area contributed by atoms with E-state index in [0.717, 1.165) is 109 Å². The third-order valence-corrected chi connectivity index (χ3v) is 23.6. The molecule has 2 saturated heterocycles. The topological polar surface area (TPSA) is 529 Å². The number of hydrogen-bond donors (Lipinski definition) is 14. The van der Waals surface area contributed by atoms with Crippen molar-refractivity contribution in [1.82, 2.24) is 39.9 Å². The minimum absolute atomic E-state index is 0. The van der Waals surface area contributed by atoms with Crippen molar-refractivity contribution in [2.24, 2.45) is 0 Å². The van der Waals surface area contributed by atoms with Crippen LogP contribution in [-0.4, -0.2) is 184 Å². The van der Waals surface area contributed by atoms with Gasteiger partial charge in [0.2, 0.25) is 5.91 Å². The SMILES string of the molecule is C.CCO.Nc1ccc(N2CCOCC2=O)cc1.Nc1ccc([N+](=O)[O-])cc1N.Nc1ccc2nc(-c3ccc(Cl)s3)[nH]c2c1.O=C(CNc1ccc2nc(-c3ccc(Cl)s3)[nH]c2c1)Nc1ccc(N2CCOCC2=O)cc1.O=C(O)CBr.O=C(O)CNc1ccc2nc(-c3ccc(Cl)s3)[nH]c2c1.O=Cc1ccc(Cl)s1.O=[N+]([O-])c1ccc2nc(-c3ccc(Cl)s3)[nH]c2c1.[Cl][Sn][Cl]. The van der Waals surface area contributed by atoms with Gasteiger partial charge in [0.15, 0.2) is 6.29 Å². The first-order chi connectivity index (χ1) is 62.8. The van der Waals surface area contributed by atoms with E-state index in [1.165, 1.54) is 87.0 Å². The van der Waals surface area contributed by atoms with Crippen molar-refractivity contribution in [3.05, 3.63) is 247 Å². The first kappa shape index (κ1) is 106. The number of amides is 3. The number of non-ortho nitro benzene ring substituents is 2. The van der Waals surface area contributed by atoms with Crippen LogP contribution in [0.2, 0.25) is 21.7 Å². The number of rotatable bonds is 17. The summed E-state index contributed by atoms with van der Waals surface area (Å²) in [4.78, 5) is 124. The Labute approximate surface area is 823 Å². The number of hydrogen-bond acceptors (Lipinski definition) is 28. The molecule has 690 valence electrons. The van der Waals surface area contributed by atoms with Crippen molar-refractivity contribution >= 4 is 310 Å². The number of nitrogen functional groups attached to an aromatic ring is 4. The van der Waals surface area contributed by atoms with Gasteiger partial charge in [-0.25, -0.2) is 19.9 Å². The summed E-state index contributed by atoms with van der Waals surface area (Å²) < 4.78 is 13.7. The number of aldehydes is 1. The molecule has 0 spiro atoms. The number of benzene rings is 7. The molecule has 16 aromatic rings. The van der Waals surface area contributed by atoms with Gasteiger partial charge in [-0.2, -0.15) is 0 Å². The Bertz CT molecular complexity index is 6560. The number of nitrogens with zero attached hydrogens (tertiary/aromatic N) is 8. The number of alkyl halides is 1. The number of H-pyrrole nitrogens is 4. The Morgan fingerprint density at radius 2 is 0.848 bits per heavy atom. The van der Waals surface area contributed by atoms with E-state index >= 15 is 0 Å². The Kier molecular flexibility index (Phi) is 42.9. The number of carbonyl (C=O) groups excluding carboxylic acids is 4. The Hall–Kier alpha value is -11.3. The summed E-state index contributed by atoms with van der Waals surface area (Å²) in [5.74, 6) is 1.05. The Balaban J connectivity index is 0.000000192. The number of aliphatic hydroxyl groups excluding tert-OH is 1. The number of thiophene rings is 5. The number of halogens is 8. The Morgan fingerprint density at radius 3 is 1.20 bits per heavy atom. The zero-order valence-electron chi connectivity index (χ0n) is 67.9. The van der Waals surface area contributed by atoms with E-state index in [9.17, 15) is 49.0 Å². The second-order valence-corrected chi connectivity index (χ2v) is 39.6. The van der Waals surface area contributed by atoms with Crippen LogP contribution in [0, 0.1) is 20.2 Å². The van der Waals surface area contributed by atoms with Gasteiger partial charge in [-0.1, -0.05) is 81.4 Å². The number of imidazole rings is 4. The molecule has 2 radical (unpaired) electrons. The number of nitro groups is 2. The number of carboxylic acids is 2. The number of carbonyl (C=O) groups is 6. The first-order valence-corrected chi connectivity index (χ1v) is 52.1. The minimum atomic E-state index is -0.899. The summed E-state index contributed by atoms with van der Waals surface area (Å²) in [5.41, 5.74) is 34.4. The van der Waals surface area contributed by atoms with Crippen molar-refractivity contribution < 1.29 is 63.4 Å². The molecular formula is C84H79BrCl7N19O15S5Sn. The van der Waals surface area contributed by atoms with Crippen LogP contribution >= 0.6 is 148 Å². The molecule has 2 fully saturated rings. The van der Waals surface area contributed by atoms with Gasteiger partial charge in [0.1, 0.15) is 48.4 Å². The van der Waals surface area contributed by atoms with Crippen molar-refractivity contribution in [2.45, 2.75) is 14.4 Å². The van der Waals surface area contributed by atoms with Crippen LogP contribution in [0.1, 0.15) is 24.0 Å². The average Bonchev–Trinajstić information content (AvgIpc) is 1.66. The van der Waals surface area contributed by atoms with Crippen molar-refractivity contribution in [2.75, 3.05) is 113 Å².